The Labute approximate surface area is 103 Å². The molecular weight excluding hydrogens is 241 g/mol. The molecule has 0 aliphatic rings. The second kappa shape index (κ2) is 4.72. The molecule has 0 aromatic heterocycles. The number of benzene rings is 2. The molecule has 0 saturated carbocycles. The summed E-state index contributed by atoms with van der Waals surface area (Å²) in [5, 5.41) is 0. The molecule has 18 heavy (non-hydrogen) atoms. The van der Waals surface area contributed by atoms with E-state index in [2.05, 4.69) is 0 Å². The third-order valence-corrected chi connectivity index (χ3v) is 2.50. The highest BCUT2D eigenvalue weighted by Gasteiger charge is 2.30. The average molecular weight is 252 g/mol. The molecule has 2 rings (SSSR count). The van der Waals surface area contributed by atoms with Gasteiger partial charge in [-0.1, -0.05) is 18.2 Å². The molecule has 1 nitrogen and oxygen atoms in total. The van der Waals surface area contributed by atoms with Gasteiger partial charge in [0.05, 0.1) is 5.56 Å². The van der Waals surface area contributed by atoms with Gasteiger partial charge in [0.1, 0.15) is 11.5 Å². The van der Waals surface area contributed by atoms with Crippen molar-refractivity contribution >= 4 is 0 Å². The molecule has 0 bridgehead atoms. The first-order valence-electron chi connectivity index (χ1n) is 5.37. The quantitative estimate of drug-likeness (QED) is 0.745. The maximum Gasteiger partial charge on any atom is 0.416 e. The third-order valence-electron chi connectivity index (χ3n) is 2.50. The molecule has 0 fully saturated rings. The Kier molecular flexibility index (Phi) is 3.28. The Morgan fingerprint density at radius 3 is 2.06 bits per heavy atom. The molecule has 2 aromatic carbocycles. The van der Waals surface area contributed by atoms with Crippen LogP contribution < -0.4 is 4.74 Å². The highest BCUT2D eigenvalue weighted by molar-refractivity contribution is 5.38. The lowest BCUT2D eigenvalue weighted by Gasteiger charge is -2.10. The summed E-state index contributed by atoms with van der Waals surface area (Å²) >= 11 is 0. The fraction of sp³-hybridized carbons (Fsp3) is 0.143. The van der Waals surface area contributed by atoms with Gasteiger partial charge in [0.2, 0.25) is 0 Å². The van der Waals surface area contributed by atoms with Crippen molar-refractivity contribution in [2.45, 2.75) is 13.1 Å². The predicted molar refractivity (Wildman–Crippen MR) is 62.7 cm³/mol. The molecular formula is C14H11F3O. The molecule has 0 aliphatic heterocycles. The van der Waals surface area contributed by atoms with E-state index in [4.69, 9.17) is 4.74 Å². The fourth-order valence-corrected chi connectivity index (χ4v) is 1.51. The predicted octanol–water partition coefficient (Wildman–Crippen LogP) is 4.81. The Bertz CT molecular complexity index is 529. The van der Waals surface area contributed by atoms with Crippen LogP contribution in [-0.2, 0) is 6.18 Å². The van der Waals surface area contributed by atoms with Gasteiger partial charge in [-0.05, 0) is 42.8 Å². The second-order valence-electron chi connectivity index (χ2n) is 3.89. The normalized spacial score (nSPS) is 11.3. The topological polar surface area (TPSA) is 9.23 Å². The van der Waals surface area contributed by atoms with Crippen molar-refractivity contribution in [1.29, 1.82) is 0 Å². The van der Waals surface area contributed by atoms with Crippen molar-refractivity contribution in [1.82, 2.24) is 0 Å². The Hall–Kier alpha value is -1.97. The maximum atomic E-state index is 12.4. The van der Waals surface area contributed by atoms with E-state index in [1.54, 1.807) is 6.07 Å². The number of ether oxygens (including phenoxy) is 1. The molecule has 0 amide bonds. The lowest BCUT2D eigenvalue weighted by atomic mass is 10.2. The van der Waals surface area contributed by atoms with E-state index in [1.165, 1.54) is 12.1 Å². The lowest BCUT2D eigenvalue weighted by Crippen LogP contribution is -2.04. The van der Waals surface area contributed by atoms with Gasteiger partial charge < -0.3 is 4.74 Å². The summed E-state index contributed by atoms with van der Waals surface area (Å²) in [5.41, 5.74) is 0.247. The summed E-state index contributed by atoms with van der Waals surface area (Å²) < 4.78 is 42.6. The fourth-order valence-electron chi connectivity index (χ4n) is 1.51. The van der Waals surface area contributed by atoms with Crippen LogP contribution in [-0.4, -0.2) is 0 Å². The van der Waals surface area contributed by atoms with Gasteiger partial charge in [-0.15, -0.1) is 0 Å². The van der Waals surface area contributed by atoms with E-state index in [-0.39, 0.29) is 0 Å². The first-order chi connectivity index (χ1) is 8.47. The zero-order valence-corrected chi connectivity index (χ0v) is 9.66. The van der Waals surface area contributed by atoms with Crippen LogP contribution in [0.25, 0.3) is 0 Å². The van der Waals surface area contributed by atoms with Gasteiger partial charge in [0, 0.05) is 0 Å². The molecule has 4 heteroatoms. The lowest BCUT2D eigenvalue weighted by molar-refractivity contribution is -0.137. The molecule has 0 aliphatic carbocycles. The summed E-state index contributed by atoms with van der Waals surface area (Å²) in [6.45, 7) is 1.87. The van der Waals surface area contributed by atoms with Gasteiger partial charge in [0.25, 0.3) is 0 Å². The minimum absolute atomic E-state index is 0.386. The van der Waals surface area contributed by atoms with Gasteiger partial charge in [-0.3, -0.25) is 0 Å². The van der Waals surface area contributed by atoms with Crippen LogP contribution in [0.1, 0.15) is 11.1 Å². The van der Waals surface area contributed by atoms with Crippen LogP contribution in [0.5, 0.6) is 11.5 Å². The first kappa shape index (κ1) is 12.5. The number of hydrogen-bond acceptors (Lipinski definition) is 1. The van der Waals surface area contributed by atoms with Crippen LogP contribution in [0, 0.1) is 6.92 Å². The van der Waals surface area contributed by atoms with Crippen LogP contribution in [0.15, 0.2) is 48.5 Å². The number of hydrogen-bond donors (Lipinski definition) is 0. The van der Waals surface area contributed by atoms with Crippen LogP contribution >= 0.6 is 0 Å². The van der Waals surface area contributed by atoms with Gasteiger partial charge in [0.15, 0.2) is 0 Å². The Balaban J connectivity index is 2.19. The number of aryl methyl sites for hydroxylation is 1. The second-order valence-corrected chi connectivity index (χ2v) is 3.89. The van der Waals surface area contributed by atoms with E-state index in [1.807, 2.05) is 25.1 Å². The Morgan fingerprint density at radius 2 is 1.50 bits per heavy atom. The van der Waals surface area contributed by atoms with Crippen molar-refractivity contribution in [3.8, 4) is 11.5 Å². The maximum absolute atomic E-state index is 12.4. The summed E-state index contributed by atoms with van der Waals surface area (Å²) in [7, 11) is 0. The van der Waals surface area contributed by atoms with Crippen molar-refractivity contribution in [2.24, 2.45) is 0 Å². The molecule has 0 N–H and O–H groups in total. The smallest absolute Gasteiger partial charge is 0.416 e. The molecule has 0 atom stereocenters. The highest BCUT2D eigenvalue weighted by atomic mass is 19.4. The molecule has 0 radical (unpaired) electrons. The summed E-state index contributed by atoms with van der Waals surface area (Å²) in [6.07, 6.45) is -4.32. The minimum atomic E-state index is -4.32. The SMILES string of the molecule is Cc1ccccc1Oc1ccc(C(F)(F)F)cc1. The number of alkyl halides is 3. The van der Waals surface area contributed by atoms with Crippen molar-refractivity contribution < 1.29 is 17.9 Å². The molecule has 0 saturated heterocycles. The standard InChI is InChI=1S/C14H11F3O/c1-10-4-2-3-5-13(10)18-12-8-6-11(7-9-12)14(15,16)17/h2-9H,1H3. The summed E-state index contributed by atoms with van der Waals surface area (Å²) in [4.78, 5) is 0. The van der Waals surface area contributed by atoms with E-state index in [0.717, 1.165) is 17.7 Å². The molecule has 2 aromatic rings. The number of rotatable bonds is 2. The number of para-hydroxylation sites is 1. The zero-order chi connectivity index (χ0) is 13.2. The summed E-state index contributed by atoms with van der Waals surface area (Å²) in [5.74, 6) is 1.02. The molecule has 94 valence electrons. The Morgan fingerprint density at radius 1 is 0.889 bits per heavy atom. The van der Waals surface area contributed by atoms with Gasteiger partial charge in [-0.2, -0.15) is 13.2 Å². The van der Waals surface area contributed by atoms with Crippen LogP contribution in [0.2, 0.25) is 0 Å². The van der Waals surface area contributed by atoms with Gasteiger partial charge >= 0.3 is 6.18 Å². The van der Waals surface area contributed by atoms with E-state index >= 15 is 0 Å². The van der Waals surface area contributed by atoms with E-state index < -0.39 is 11.7 Å². The minimum Gasteiger partial charge on any atom is -0.457 e. The number of halogens is 3. The first-order valence-corrected chi connectivity index (χ1v) is 5.37. The monoisotopic (exact) mass is 252 g/mol. The van der Waals surface area contributed by atoms with E-state index in [0.29, 0.717) is 11.5 Å². The van der Waals surface area contributed by atoms with Crippen molar-refractivity contribution in [3.05, 3.63) is 59.7 Å². The van der Waals surface area contributed by atoms with E-state index in [9.17, 15) is 13.2 Å². The highest BCUT2D eigenvalue weighted by Crippen LogP contribution is 2.31. The van der Waals surface area contributed by atoms with Crippen LogP contribution in [0.4, 0.5) is 13.2 Å². The van der Waals surface area contributed by atoms with Crippen molar-refractivity contribution in [2.75, 3.05) is 0 Å². The van der Waals surface area contributed by atoms with Crippen molar-refractivity contribution in [3.63, 3.8) is 0 Å². The van der Waals surface area contributed by atoms with Gasteiger partial charge in [-0.25, -0.2) is 0 Å². The molecule has 0 spiro atoms. The largest absolute Gasteiger partial charge is 0.457 e. The zero-order valence-electron chi connectivity index (χ0n) is 9.66. The van der Waals surface area contributed by atoms with Crippen LogP contribution in [0.3, 0.4) is 0 Å². The third kappa shape index (κ3) is 2.83. The summed E-state index contributed by atoms with van der Waals surface area (Å²) in [6, 6.07) is 12.0. The average Bonchev–Trinajstić information content (AvgIpc) is 2.32. The molecule has 0 unspecified atom stereocenters. The molecule has 0 heterocycles.